The highest BCUT2D eigenvalue weighted by atomic mass is 16.6. The van der Waals surface area contributed by atoms with Crippen LogP contribution in [0.1, 0.15) is 24.3 Å². The number of methoxy groups -OCH3 is 1. The topological polar surface area (TPSA) is 118 Å². The Morgan fingerprint density at radius 2 is 1.92 bits per heavy atom. The van der Waals surface area contributed by atoms with E-state index in [1.165, 1.54) is 27.3 Å². The predicted octanol–water partition coefficient (Wildman–Crippen LogP) is -0.316. The highest BCUT2D eigenvalue weighted by Gasteiger charge is 2.51. The van der Waals surface area contributed by atoms with Gasteiger partial charge in [0.15, 0.2) is 24.1 Å². The highest BCUT2D eigenvalue weighted by molar-refractivity contribution is 5.92. The first-order valence-electron chi connectivity index (χ1n) is 7.30. The van der Waals surface area contributed by atoms with Crippen molar-refractivity contribution in [3.63, 3.8) is 0 Å². The molecular weight excluding hydrogens is 322 g/mol. The van der Waals surface area contributed by atoms with Crippen LogP contribution in [0, 0.1) is 0 Å². The lowest BCUT2D eigenvalue weighted by atomic mass is 10.1. The third-order valence-corrected chi connectivity index (χ3v) is 3.79. The van der Waals surface area contributed by atoms with Gasteiger partial charge in [0, 0.05) is 13.8 Å². The molecule has 2 aliphatic heterocycles. The second-order valence-corrected chi connectivity index (χ2v) is 5.47. The molecule has 0 spiro atoms. The Morgan fingerprint density at radius 1 is 1.25 bits per heavy atom. The summed E-state index contributed by atoms with van der Waals surface area (Å²) in [6.07, 6.45) is -1.49. The first kappa shape index (κ1) is 16.2. The molecule has 0 amide bonds. The fraction of sp³-hybridized carbons (Fsp3) is 0.571. The van der Waals surface area contributed by atoms with E-state index >= 15 is 0 Å². The van der Waals surface area contributed by atoms with Crippen LogP contribution in [0.2, 0.25) is 0 Å². The van der Waals surface area contributed by atoms with Crippen molar-refractivity contribution < 1.29 is 33.3 Å². The summed E-state index contributed by atoms with van der Waals surface area (Å²) >= 11 is 0. The van der Waals surface area contributed by atoms with Crippen molar-refractivity contribution in [2.45, 2.75) is 44.9 Å². The van der Waals surface area contributed by atoms with Crippen LogP contribution in [0.5, 0.6) is 0 Å². The third kappa shape index (κ3) is 2.80. The second-order valence-electron chi connectivity index (χ2n) is 5.47. The number of aromatic nitrogens is 2. The number of carbonyl (C=O) groups excluding carboxylic acids is 3. The zero-order valence-corrected chi connectivity index (χ0v) is 13.3. The number of hydrogen-bond donors (Lipinski definition) is 1. The summed E-state index contributed by atoms with van der Waals surface area (Å²) in [7, 11) is 1.26. The lowest BCUT2D eigenvalue weighted by Gasteiger charge is -2.26. The van der Waals surface area contributed by atoms with Crippen LogP contribution >= 0.6 is 0 Å². The molecule has 1 N–H and O–H groups in total. The molecule has 2 unspecified atom stereocenters. The first-order chi connectivity index (χ1) is 11.4. The molecule has 1 fully saturated rings. The van der Waals surface area contributed by atoms with Gasteiger partial charge in [-0.25, -0.2) is 9.78 Å². The smallest absolute Gasteiger partial charge is 0.360 e. The lowest BCUT2D eigenvalue weighted by molar-refractivity contribution is -0.164. The van der Waals surface area contributed by atoms with E-state index in [1.54, 1.807) is 4.57 Å². The van der Waals surface area contributed by atoms with Gasteiger partial charge in [0.2, 0.25) is 0 Å². The Bertz CT molecular complexity index is 686. The molecule has 4 atom stereocenters. The van der Waals surface area contributed by atoms with E-state index in [1.807, 2.05) is 0 Å². The van der Waals surface area contributed by atoms with Gasteiger partial charge < -0.3 is 28.8 Å². The molecule has 1 aromatic rings. The van der Waals surface area contributed by atoms with Gasteiger partial charge >= 0.3 is 17.9 Å². The van der Waals surface area contributed by atoms with Crippen LogP contribution in [0.4, 0.5) is 5.82 Å². The van der Waals surface area contributed by atoms with E-state index in [9.17, 15) is 14.4 Å². The Balaban J connectivity index is 1.93. The third-order valence-electron chi connectivity index (χ3n) is 3.79. The van der Waals surface area contributed by atoms with Crippen molar-refractivity contribution in [3.05, 3.63) is 12.0 Å². The van der Waals surface area contributed by atoms with E-state index in [0.29, 0.717) is 5.82 Å². The molecule has 0 radical (unpaired) electrons. The molecule has 10 nitrogen and oxygen atoms in total. The molecule has 1 aromatic heterocycles. The van der Waals surface area contributed by atoms with Crippen LogP contribution in [-0.4, -0.2) is 59.1 Å². The molecule has 2 bridgehead atoms. The SMILES string of the molecule is COC(=O)c1ncn2c1N[C@@H]1O[C@H](C2)C(OC(C)=O)C1OC(C)=O. The minimum absolute atomic E-state index is 0.0965. The summed E-state index contributed by atoms with van der Waals surface area (Å²) in [5.74, 6) is -1.24. The van der Waals surface area contributed by atoms with Gasteiger partial charge in [-0.3, -0.25) is 9.59 Å². The van der Waals surface area contributed by atoms with Crippen molar-refractivity contribution in [3.8, 4) is 0 Å². The van der Waals surface area contributed by atoms with Crippen LogP contribution in [0.3, 0.4) is 0 Å². The van der Waals surface area contributed by atoms with Crippen molar-refractivity contribution in [2.24, 2.45) is 0 Å². The fourth-order valence-corrected chi connectivity index (χ4v) is 2.89. The number of imidazole rings is 1. The van der Waals surface area contributed by atoms with E-state index in [0.717, 1.165) is 0 Å². The number of esters is 3. The monoisotopic (exact) mass is 339 g/mol. The van der Waals surface area contributed by atoms with Gasteiger partial charge in [-0.2, -0.15) is 0 Å². The number of nitrogens with zero attached hydrogens (tertiary/aromatic N) is 2. The average molecular weight is 339 g/mol. The number of fused-ring (bicyclic) bond motifs is 3. The maximum atomic E-state index is 11.8. The summed E-state index contributed by atoms with van der Waals surface area (Å²) in [5, 5.41) is 2.98. The molecule has 24 heavy (non-hydrogen) atoms. The number of ether oxygens (including phenoxy) is 4. The summed E-state index contributed by atoms with van der Waals surface area (Å²) in [6, 6.07) is 0. The van der Waals surface area contributed by atoms with Crippen LogP contribution < -0.4 is 5.32 Å². The maximum absolute atomic E-state index is 11.8. The Kier molecular flexibility index (Phi) is 4.14. The standard InChI is InChI=1S/C14H17N3O7/c1-6(18)22-10-8-4-17-5-15-9(14(20)21-3)12(17)16-13(24-8)11(10)23-7(2)19/h5,8,10-11,13,16H,4H2,1-3H3/t8-,10?,11?,13-/m1/s1. The molecule has 10 heteroatoms. The largest absolute Gasteiger partial charge is 0.464 e. The zero-order valence-electron chi connectivity index (χ0n) is 13.3. The van der Waals surface area contributed by atoms with Crippen molar-refractivity contribution in [1.29, 1.82) is 0 Å². The Hall–Kier alpha value is -2.62. The lowest BCUT2D eigenvalue weighted by Crippen LogP contribution is -2.44. The molecule has 0 aliphatic carbocycles. The summed E-state index contributed by atoms with van der Waals surface area (Å²) in [5.41, 5.74) is 0.0965. The summed E-state index contributed by atoms with van der Waals surface area (Å²) in [6.45, 7) is 2.79. The number of carbonyl (C=O) groups is 3. The molecule has 2 aliphatic rings. The maximum Gasteiger partial charge on any atom is 0.360 e. The molecule has 0 aromatic carbocycles. The van der Waals surface area contributed by atoms with Crippen LogP contribution in [-0.2, 0) is 35.1 Å². The number of nitrogens with one attached hydrogen (secondary N) is 1. The summed E-state index contributed by atoms with van der Waals surface area (Å²) in [4.78, 5) is 38.6. The van der Waals surface area contributed by atoms with E-state index in [2.05, 4.69) is 10.3 Å². The quantitative estimate of drug-likeness (QED) is 0.584. The van der Waals surface area contributed by atoms with Gasteiger partial charge in [0.25, 0.3) is 0 Å². The second kappa shape index (κ2) is 6.11. The van der Waals surface area contributed by atoms with Gasteiger partial charge in [0.1, 0.15) is 11.9 Å². The van der Waals surface area contributed by atoms with E-state index in [-0.39, 0.29) is 12.2 Å². The normalized spacial score (nSPS) is 27.5. The first-order valence-corrected chi connectivity index (χ1v) is 7.30. The summed E-state index contributed by atoms with van der Waals surface area (Å²) < 4.78 is 22.7. The Labute approximate surface area is 137 Å². The van der Waals surface area contributed by atoms with Crippen molar-refractivity contribution in [1.82, 2.24) is 9.55 Å². The fourth-order valence-electron chi connectivity index (χ4n) is 2.89. The molecule has 1 saturated heterocycles. The van der Waals surface area contributed by atoms with E-state index < -0.39 is 42.4 Å². The molecule has 3 rings (SSSR count). The molecule has 3 heterocycles. The van der Waals surface area contributed by atoms with Gasteiger partial charge in [-0.05, 0) is 0 Å². The number of hydrogen-bond acceptors (Lipinski definition) is 9. The van der Waals surface area contributed by atoms with Gasteiger partial charge in [0.05, 0.1) is 20.0 Å². The van der Waals surface area contributed by atoms with Crippen LogP contribution in [0.25, 0.3) is 0 Å². The average Bonchev–Trinajstić information content (AvgIpc) is 2.95. The Morgan fingerprint density at radius 3 is 2.54 bits per heavy atom. The number of rotatable bonds is 3. The van der Waals surface area contributed by atoms with E-state index in [4.69, 9.17) is 18.9 Å². The van der Waals surface area contributed by atoms with Gasteiger partial charge in [-0.1, -0.05) is 0 Å². The molecule has 0 saturated carbocycles. The van der Waals surface area contributed by atoms with Crippen molar-refractivity contribution in [2.75, 3.05) is 12.4 Å². The molecular formula is C14H17N3O7. The minimum atomic E-state index is -0.842. The zero-order chi connectivity index (χ0) is 17.4. The molecule has 130 valence electrons. The highest BCUT2D eigenvalue weighted by Crippen LogP contribution is 2.34. The minimum Gasteiger partial charge on any atom is -0.464 e. The predicted molar refractivity (Wildman–Crippen MR) is 77.0 cm³/mol. The van der Waals surface area contributed by atoms with Crippen LogP contribution in [0.15, 0.2) is 6.33 Å². The number of anilines is 1. The van der Waals surface area contributed by atoms with Gasteiger partial charge in [-0.15, -0.1) is 0 Å². The van der Waals surface area contributed by atoms with Crippen molar-refractivity contribution >= 4 is 23.7 Å².